The number of hydrogen-bond donors (Lipinski definition) is 2. The molecular weight excluding hydrogens is 487 g/mol. The number of halogens is 2. The van der Waals surface area contributed by atoms with Crippen LogP contribution in [-0.2, 0) is 0 Å². The Bertz CT molecular complexity index is 942. The van der Waals surface area contributed by atoms with E-state index in [2.05, 4.69) is 44.3 Å². The zero-order valence-corrected chi connectivity index (χ0v) is 21.8. The van der Waals surface area contributed by atoms with Crippen molar-refractivity contribution in [1.29, 1.82) is 0 Å². The number of likely N-dealkylation sites (tertiary alicyclic amines) is 1. The number of thiocarbonyl (C=S) groups is 1. The largest absolute Gasteiger partial charge is 0.378 e. The van der Waals surface area contributed by atoms with Crippen LogP contribution in [0.25, 0.3) is 0 Å². The summed E-state index contributed by atoms with van der Waals surface area (Å²) in [7, 11) is 0. The predicted molar refractivity (Wildman–Crippen MR) is 146 cm³/mol. The molecule has 2 aromatic carbocycles. The van der Waals surface area contributed by atoms with Crippen molar-refractivity contribution in [1.82, 2.24) is 14.7 Å². The Morgan fingerprint density at radius 2 is 1.74 bits per heavy atom. The second-order valence-corrected chi connectivity index (χ2v) is 10.4. The van der Waals surface area contributed by atoms with Gasteiger partial charge in [0.15, 0.2) is 5.11 Å². The van der Waals surface area contributed by atoms with Crippen LogP contribution < -0.4 is 5.32 Å². The maximum absolute atomic E-state index is 11.0. The van der Waals surface area contributed by atoms with Gasteiger partial charge in [-0.1, -0.05) is 60.0 Å². The van der Waals surface area contributed by atoms with Gasteiger partial charge in [-0.3, -0.25) is 4.90 Å². The van der Waals surface area contributed by atoms with Crippen molar-refractivity contribution in [2.45, 2.75) is 44.4 Å². The number of piperidine rings is 1. The van der Waals surface area contributed by atoms with E-state index in [1.807, 2.05) is 12.1 Å². The summed E-state index contributed by atoms with van der Waals surface area (Å²) >= 11 is 18.1. The van der Waals surface area contributed by atoms with Crippen LogP contribution in [0.4, 0.5) is 5.69 Å². The highest BCUT2D eigenvalue weighted by Gasteiger charge is 2.32. The first kappa shape index (κ1) is 25.7. The zero-order chi connectivity index (χ0) is 23.9. The van der Waals surface area contributed by atoms with E-state index >= 15 is 0 Å². The van der Waals surface area contributed by atoms with Gasteiger partial charge < -0.3 is 20.2 Å². The van der Waals surface area contributed by atoms with E-state index in [1.165, 1.54) is 37.9 Å². The maximum Gasteiger partial charge on any atom is 0.173 e. The third-order valence-corrected chi connectivity index (χ3v) is 7.89. The summed E-state index contributed by atoms with van der Waals surface area (Å²) in [4.78, 5) is 6.98. The van der Waals surface area contributed by atoms with Crippen molar-refractivity contribution in [2.75, 3.05) is 44.6 Å². The molecule has 0 radical (unpaired) electrons. The van der Waals surface area contributed by atoms with Gasteiger partial charge in [0.25, 0.3) is 0 Å². The van der Waals surface area contributed by atoms with Crippen molar-refractivity contribution >= 4 is 46.2 Å². The lowest BCUT2D eigenvalue weighted by Crippen LogP contribution is -2.42. The molecule has 2 heterocycles. The smallest absolute Gasteiger partial charge is 0.173 e. The number of anilines is 1. The number of aliphatic hydroxyl groups is 1. The average Bonchev–Trinajstić information content (AvgIpc) is 3.02. The SMILES string of the molecule is OC1CCN(C(=S)Nc2ccc(Cl)c(Cl)c2)[C@H](c2ccccc2)CN1CCCN1CCCCC1. The first-order valence-corrected chi connectivity index (χ1v) is 13.4. The Balaban J connectivity index is 1.47. The molecule has 1 unspecified atom stereocenters. The van der Waals surface area contributed by atoms with Crippen molar-refractivity contribution < 1.29 is 5.11 Å². The van der Waals surface area contributed by atoms with Crippen LogP contribution in [0, 0.1) is 0 Å². The van der Waals surface area contributed by atoms with Gasteiger partial charge in [-0.05, 0) is 74.9 Å². The molecule has 2 atom stereocenters. The molecule has 0 aliphatic carbocycles. The highest BCUT2D eigenvalue weighted by atomic mass is 35.5. The number of aliphatic hydroxyl groups excluding tert-OH is 1. The van der Waals surface area contributed by atoms with Crippen LogP contribution in [0.2, 0.25) is 10.0 Å². The van der Waals surface area contributed by atoms with Crippen LogP contribution in [0.1, 0.15) is 43.7 Å². The van der Waals surface area contributed by atoms with Crippen LogP contribution in [0.3, 0.4) is 0 Å². The normalized spacial score (nSPS) is 22.4. The van der Waals surface area contributed by atoms with Gasteiger partial charge >= 0.3 is 0 Å². The van der Waals surface area contributed by atoms with E-state index < -0.39 is 6.23 Å². The molecule has 2 aliphatic rings. The monoisotopic (exact) mass is 520 g/mol. The molecule has 4 rings (SSSR count). The molecule has 8 heteroatoms. The lowest BCUT2D eigenvalue weighted by Gasteiger charge is -2.35. The molecule has 2 fully saturated rings. The fraction of sp³-hybridized carbons (Fsp3) is 0.500. The highest BCUT2D eigenvalue weighted by molar-refractivity contribution is 7.80. The molecular formula is C26H34Cl2N4OS. The second kappa shape index (κ2) is 12.5. The molecule has 34 heavy (non-hydrogen) atoms. The summed E-state index contributed by atoms with van der Waals surface area (Å²) in [6, 6.07) is 15.9. The molecule has 0 amide bonds. The maximum atomic E-state index is 11.0. The Morgan fingerprint density at radius 1 is 0.971 bits per heavy atom. The topological polar surface area (TPSA) is 42.0 Å². The van der Waals surface area contributed by atoms with E-state index in [1.54, 1.807) is 12.1 Å². The molecule has 2 aliphatic heterocycles. The van der Waals surface area contributed by atoms with Crippen molar-refractivity contribution in [2.24, 2.45) is 0 Å². The summed E-state index contributed by atoms with van der Waals surface area (Å²) < 4.78 is 0. The van der Waals surface area contributed by atoms with Crippen molar-refractivity contribution in [3.05, 3.63) is 64.1 Å². The van der Waals surface area contributed by atoms with Gasteiger partial charge in [0.05, 0.1) is 16.1 Å². The van der Waals surface area contributed by atoms with E-state index in [9.17, 15) is 5.11 Å². The third-order valence-electron chi connectivity index (χ3n) is 6.82. The quantitative estimate of drug-likeness (QED) is 0.480. The number of rotatable bonds is 6. The fourth-order valence-electron chi connectivity index (χ4n) is 4.93. The first-order valence-electron chi connectivity index (χ1n) is 12.2. The lowest BCUT2D eigenvalue weighted by atomic mass is 10.1. The Kier molecular flexibility index (Phi) is 9.46. The highest BCUT2D eigenvalue weighted by Crippen LogP contribution is 2.29. The number of nitrogens with one attached hydrogen (secondary N) is 1. The van der Waals surface area contributed by atoms with Gasteiger partial charge in [-0.2, -0.15) is 0 Å². The summed E-state index contributed by atoms with van der Waals surface area (Å²) in [6.45, 7) is 5.77. The van der Waals surface area contributed by atoms with E-state index in [0.29, 0.717) is 34.7 Å². The fourth-order valence-corrected chi connectivity index (χ4v) is 5.56. The molecule has 2 N–H and O–H groups in total. The molecule has 2 saturated heterocycles. The standard InChI is InChI=1S/C26H34Cl2N4OS/c27-22-11-10-21(18-23(22)28)29-26(34)32-17-12-25(33)31(16-7-15-30-13-5-2-6-14-30)19-24(32)20-8-3-1-4-9-20/h1,3-4,8-11,18,24-25,33H,2,5-7,12-17,19H2,(H,29,34)/t24-,25?/m0/s1. The van der Waals surface area contributed by atoms with Gasteiger partial charge in [0.2, 0.25) is 0 Å². The minimum atomic E-state index is -0.481. The minimum Gasteiger partial charge on any atom is -0.378 e. The van der Waals surface area contributed by atoms with Crippen LogP contribution >= 0.6 is 35.4 Å². The van der Waals surface area contributed by atoms with Gasteiger partial charge in [-0.15, -0.1) is 0 Å². The second-order valence-electron chi connectivity index (χ2n) is 9.20. The van der Waals surface area contributed by atoms with Gasteiger partial charge in [0.1, 0.15) is 6.23 Å². The summed E-state index contributed by atoms with van der Waals surface area (Å²) in [6.07, 6.45) is 5.18. The number of hydrogen-bond acceptors (Lipinski definition) is 4. The van der Waals surface area contributed by atoms with Crippen LogP contribution in [-0.4, -0.2) is 70.4 Å². The summed E-state index contributed by atoms with van der Waals surface area (Å²) in [5.74, 6) is 0. The van der Waals surface area contributed by atoms with Crippen LogP contribution in [0.15, 0.2) is 48.5 Å². The summed E-state index contributed by atoms with van der Waals surface area (Å²) in [5, 5.41) is 15.9. The van der Waals surface area contributed by atoms with Crippen molar-refractivity contribution in [3.8, 4) is 0 Å². The molecule has 5 nitrogen and oxygen atoms in total. The Hall–Kier alpha value is -1.41. The first-order chi connectivity index (χ1) is 16.5. The zero-order valence-electron chi connectivity index (χ0n) is 19.5. The molecule has 0 spiro atoms. The summed E-state index contributed by atoms with van der Waals surface area (Å²) in [5.41, 5.74) is 1.99. The van der Waals surface area contributed by atoms with Crippen molar-refractivity contribution in [3.63, 3.8) is 0 Å². The Labute approximate surface area is 218 Å². The van der Waals surface area contributed by atoms with Crippen LogP contribution in [0.5, 0.6) is 0 Å². The third kappa shape index (κ3) is 6.84. The molecule has 184 valence electrons. The van der Waals surface area contributed by atoms with Gasteiger partial charge in [-0.25, -0.2) is 0 Å². The van der Waals surface area contributed by atoms with E-state index in [0.717, 1.165) is 25.2 Å². The number of benzene rings is 2. The molecule has 0 bridgehead atoms. The predicted octanol–water partition coefficient (Wildman–Crippen LogP) is 5.63. The average molecular weight is 522 g/mol. The number of nitrogens with zero attached hydrogens (tertiary/aromatic N) is 3. The molecule has 0 saturated carbocycles. The van der Waals surface area contributed by atoms with E-state index in [-0.39, 0.29) is 6.04 Å². The lowest BCUT2D eigenvalue weighted by molar-refractivity contribution is 0.00183. The molecule has 0 aromatic heterocycles. The minimum absolute atomic E-state index is 0.0381. The molecule has 2 aromatic rings. The van der Waals surface area contributed by atoms with Gasteiger partial charge in [0, 0.05) is 31.7 Å². The Morgan fingerprint density at radius 3 is 2.47 bits per heavy atom. The van der Waals surface area contributed by atoms with E-state index in [4.69, 9.17) is 35.4 Å².